The van der Waals surface area contributed by atoms with E-state index in [0.717, 1.165) is 16.7 Å². The fourth-order valence-electron chi connectivity index (χ4n) is 2.97. The molecule has 0 spiro atoms. The van der Waals surface area contributed by atoms with E-state index < -0.39 is 6.10 Å². The summed E-state index contributed by atoms with van der Waals surface area (Å²) in [5.74, 6) is 0.153. The average Bonchev–Trinajstić information content (AvgIpc) is 2.64. The Morgan fingerprint density at radius 2 is 1.63 bits per heavy atom. The lowest BCUT2D eigenvalue weighted by Crippen LogP contribution is -2.19. The summed E-state index contributed by atoms with van der Waals surface area (Å²) in [4.78, 5) is 1.93. The Bertz CT molecular complexity index is 940. The van der Waals surface area contributed by atoms with Crippen LogP contribution >= 0.6 is 11.6 Å². The van der Waals surface area contributed by atoms with Gasteiger partial charge in [-0.25, -0.2) is 0 Å². The van der Waals surface area contributed by atoms with Crippen molar-refractivity contribution in [1.82, 2.24) is 4.90 Å². The lowest BCUT2D eigenvalue weighted by Gasteiger charge is -2.26. The summed E-state index contributed by atoms with van der Waals surface area (Å²) in [7, 11) is 3.87. The average molecular weight is 380 g/mol. The van der Waals surface area contributed by atoms with Crippen LogP contribution in [0.25, 0.3) is 12.2 Å². The van der Waals surface area contributed by atoms with Gasteiger partial charge in [-0.05, 0) is 46.6 Å². The van der Waals surface area contributed by atoms with E-state index in [1.54, 1.807) is 30.4 Å². The Labute approximate surface area is 164 Å². The predicted molar refractivity (Wildman–Crippen MR) is 112 cm³/mol. The number of phenolic OH excluding ortho intramolecular Hbond substituents is 1. The van der Waals surface area contributed by atoms with Gasteiger partial charge in [-0.3, -0.25) is 0 Å². The maximum absolute atomic E-state index is 10.8. The Morgan fingerprint density at radius 3 is 2.30 bits per heavy atom. The highest BCUT2D eigenvalue weighted by atomic mass is 35.5. The van der Waals surface area contributed by atoms with Gasteiger partial charge in [-0.15, -0.1) is 0 Å². The summed E-state index contributed by atoms with van der Waals surface area (Å²) in [6.45, 7) is 0. The van der Waals surface area contributed by atoms with Crippen LogP contribution in [0.3, 0.4) is 0 Å². The molecule has 0 amide bonds. The molecule has 1 atom stereocenters. The van der Waals surface area contributed by atoms with Crippen molar-refractivity contribution >= 4 is 23.8 Å². The van der Waals surface area contributed by atoms with Gasteiger partial charge in [-0.1, -0.05) is 60.1 Å². The molecule has 0 saturated carbocycles. The maximum atomic E-state index is 10.8. The van der Waals surface area contributed by atoms with Gasteiger partial charge in [0.1, 0.15) is 11.9 Å². The van der Waals surface area contributed by atoms with Gasteiger partial charge in [0, 0.05) is 25.9 Å². The number of aliphatic hydroxyl groups is 1. The zero-order valence-corrected chi connectivity index (χ0v) is 16.1. The Kier molecular flexibility index (Phi) is 5.84. The first kappa shape index (κ1) is 19.0. The summed E-state index contributed by atoms with van der Waals surface area (Å²) in [5.41, 5.74) is 4.02. The van der Waals surface area contributed by atoms with Gasteiger partial charge >= 0.3 is 0 Å². The number of halogens is 1. The van der Waals surface area contributed by atoms with E-state index in [2.05, 4.69) is 0 Å². The molecule has 0 saturated heterocycles. The second-order valence-electron chi connectivity index (χ2n) is 6.61. The van der Waals surface area contributed by atoms with Gasteiger partial charge in [0.25, 0.3) is 0 Å². The summed E-state index contributed by atoms with van der Waals surface area (Å²) in [5, 5.41) is 21.3. The molecule has 138 valence electrons. The molecular weight excluding hydrogens is 358 g/mol. The fraction of sp³-hybridized carbons (Fsp3) is 0.130. The van der Waals surface area contributed by atoms with E-state index in [1.807, 2.05) is 67.7 Å². The molecule has 0 fully saturated rings. The first-order valence-electron chi connectivity index (χ1n) is 8.66. The van der Waals surface area contributed by atoms with Gasteiger partial charge in [0.05, 0.1) is 5.03 Å². The quantitative estimate of drug-likeness (QED) is 0.804. The van der Waals surface area contributed by atoms with Crippen LogP contribution in [-0.2, 0) is 0 Å². The van der Waals surface area contributed by atoms with Crippen LogP contribution in [0.4, 0.5) is 0 Å². The Morgan fingerprint density at radius 1 is 0.963 bits per heavy atom. The van der Waals surface area contributed by atoms with Crippen molar-refractivity contribution in [3.8, 4) is 5.75 Å². The highest BCUT2D eigenvalue weighted by molar-refractivity contribution is 6.31. The van der Waals surface area contributed by atoms with E-state index in [0.29, 0.717) is 16.2 Å². The third-order valence-electron chi connectivity index (χ3n) is 4.23. The van der Waals surface area contributed by atoms with Crippen LogP contribution in [0.15, 0.2) is 88.6 Å². The van der Waals surface area contributed by atoms with Crippen LogP contribution in [0.2, 0.25) is 0 Å². The number of aromatic hydroxyl groups is 1. The standard InChI is InChI=1S/C23H22ClNO2/c1-25(2)15-18-14-21(24)23(27)20(13-17-10-6-7-11-22(17)26)19(18)12-16-8-4-3-5-9-16/h3-15,23,26-27H,1-2H3. The molecule has 27 heavy (non-hydrogen) atoms. The predicted octanol–water partition coefficient (Wildman–Crippen LogP) is 4.80. The second-order valence-corrected chi connectivity index (χ2v) is 7.04. The molecule has 1 aliphatic rings. The lowest BCUT2D eigenvalue weighted by molar-refractivity contribution is 0.256. The molecule has 2 aromatic rings. The monoisotopic (exact) mass is 379 g/mol. The Balaban J connectivity index is 2.22. The van der Waals surface area contributed by atoms with Crippen molar-refractivity contribution in [2.75, 3.05) is 14.1 Å². The molecule has 3 nitrogen and oxygen atoms in total. The van der Waals surface area contributed by atoms with E-state index in [9.17, 15) is 10.2 Å². The van der Waals surface area contributed by atoms with Crippen LogP contribution < -0.4 is 0 Å². The molecule has 4 heteroatoms. The normalized spacial score (nSPS) is 21.6. The van der Waals surface area contributed by atoms with Crippen molar-refractivity contribution in [2.45, 2.75) is 6.10 Å². The number of para-hydroxylation sites is 1. The molecule has 0 bridgehead atoms. The SMILES string of the molecule is CN(C)C=C1C=C(Cl)C(O)C(=Cc2ccccc2O)C1=Cc1ccccc1. The van der Waals surface area contributed by atoms with Crippen molar-refractivity contribution in [1.29, 1.82) is 0 Å². The van der Waals surface area contributed by atoms with E-state index in [4.69, 9.17) is 11.6 Å². The minimum Gasteiger partial charge on any atom is -0.507 e. The fourth-order valence-corrected chi connectivity index (χ4v) is 3.20. The molecule has 0 aromatic heterocycles. The molecule has 2 aromatic carbocycles. The lowest BCUT2D eigenvalue weighted by atomic mass is 9.85. The first-order valence-corrected chi connectivity index (χ1v) is 9.04. The number of nitrogens with zero attached hydrogens (tertiary/aromatic N) is 1. The molecule has 0 aliphatic heterocycles. The third-order valence-corrected chi connectivity index (χ3v) is 4.54. The topological polar surface area (TPSA) is 43.7 Å². The van der Waals surface area contributed by atoms with E-state index >= 15 is 0 Å². The number of aliphatic hydroxyl groups excluding tert-OH is 1. The number of phenols is 1. The molecule has 3 rings (SSSR count). The first-order chi connectivity index (χ1) is 13.0. The van der Waals surface area contributed by atoms with Crippen molar-refractivity contribution in [3.63, 3.8) is 0 Å². The van der Waals surface area contributed by atoms with Gasteiger partial charge in [0.15, 0.2) is 0 Å². The zero-order chi connectivity index (χ0) is 19.4. The number of hydrogen-bond acceptors (Lipinski definition) is 3. The van der Waals surface area contributed by atoms with Crippen molar-refractivity contribution in [2.24, 2.45) is 0 Å². The van der Waals surface area contributed by atoms with Crippen LogP contribution in [-0.4, -0.2) is 35.3 Å². The zero-order valence-electron chi connectivity index (χ0n) is 15.3. The number of allylic oxidation sites excluding steroid dienone is 2. The number of hydrogen-bond donors (Lipinski definition) is 2. The summed E-state index contributed by atoms with van der Waals surface area (Å²) in [6.07, 6.45) is 6.59. The minimum atomic E-state index is -0.958. The van der Waals surface area contributed by atoms with Crippen LogP contribution in [0.1, 0.15) is 11.1 Å². The number of benzene rings is 2. The van der Waals surface area contributed by atoms with E-state index in [1.165, 1.54) is 0 Å². The molecule has 1 unspecified atom stereocenters. The molecular formula is C23H22ClNO2. The van der Waals surface area contributed by atoms with Gasteiger partial charge in [-0.2, -0.15) is 0 Å². The number of rotatable bonds is 3. The van der Waals surface area contributed by atoms with E-state index in [-0.39, 0.29) is 5.75 Å². The second kappa shape index (κ2) is 8.30. The van der Waals surface area contributed by atoms with Crippen LogP contribution in [0, 0.1) is 0 Å². The Hall–Kier alpha value is -2.75. The smallest absolute Gasteiger partial charge is 0.122 e. The third kappa shape index (κ3) is 4.51. The summed E-state index contributed by atoms with van der Waals surface area (Å²) < 4.78 is 0. The molecule has 0 radical (unpaired) electrons. The highest BCUT2D eigenvalue weighted by Gasteiger charge is 2.26. The molecule has 1 aliphatic carbocycles. The van der Waals surface area contributed by atoms with Crippen molar-refractivity contribution in [3.05, 3.63) is 99.8 Å². The highest BCUT2D eigenvalue weighted by Crippen LogP contribution is 2.38. The van der Waals surface area contributed by atoms with Gasteiger partial charge < -0.3 is 15.1 Å². The summed E-state index contributed by atoms with van der Waals surface area (Å²) in [6, 6.07) is 16.9. The molecule has 0 heterocycles. The minimum absolute atomic E-state index is 0.153. The summed E-state index contributed by atoms with van der Waals surface area (Å²) >= 11 is 6.34. The van der Waals surface area contributed by atoms with Gasteiger partial charge in [0.2, 0.25) is 0 Å². The largest absolute Gasteiger partial charge is 0.507 e. The van der Waals surface area contributed by atoms with Crippen molar-refractivity contribution < 1.29 is 10.2 Å². The molecule has 2 N–H and O–H groups in total. The maximum Gasteiger partial charge on any atom is 0.122 e. The van der Waals surface area contributed by atoms with Crippen LogP contribution in [0.5, 0.6) is 5.75 Å².